The Morgan fingerprint density at radius 1 is 1.20 bits per heavy atom. The van der Waals surface area contributed by atoms with Crippen LogP contribution in [0.1, 0.15) is 37.9 Å². The van der Waals surface area contributed by atoms with E-state index in [9.17, 15) is 14.7 Å². The molecule has 136 valence electrons. The number of hydrogen-bond donors (Lipinski definition) is 2. The topological polar surface area (TPSA) is 78.9 Å². The van der Waals surface area contributed by atoms with Crippen molar-refractivity contribution in [1.29, 1.82) is 0 Å². The van der Waals surface area contributed by atoms with E-state index in [0.717, 1.165) is 18.4 Å². The van der Waals surface area contributed by atoms with Gasteiger partial charge in [0.1, 0.15) is 0 Å². The number of carboxylic acid groups (broad SMARTS) is 1. The van der Waals surface area contributed by atoms with Crippen molar-refractivity contribution in [2.75, 3.05) is 19.7 Å². The average Bonchev–Trinajstić information content (AvgIpc) is 2.62. The average molecular weight is 346 g/mol. The van der Waals surface area contributed by atoms with E-state index in [1.54, 1.807) is 4.90 Å². The number of amides is 2. The van der Waals surface area contributed by atoms with Gasteiger partial charge in [-0.25, -0.2) is 4.79 Å². The number of piperidine rings is 1. The molecule has 4 atom stereocenters. The summed E-state index contributed by atoms with van der Waals surface area (Å²) in [6.45, 7) is 3.51. The number of nitrogens with one attached hydrogen (secondary N) is 1. The predicted octanol–water partition coefficient (Wildman–Crippen LogP) is 2.66. The number of carboxylic acids is 1. The molecule has 0 aromatic heterocycles. The van der Waals surface area contributed by atoms with Crippen molar-refractivity contribution >= 4 is 12.0 Å². The number of urea groups is 1. The van der Waals surface area contributed by atoms with Crippen molar-refractivity contribution in [1.82, 2.24) is 10.2 Å². The van der Waals surface area contributed by atoms with Crippen molar-refractivity contribution in [3.05, 3.63) is 35.9 Å². The summed E-state index contributed by atoms with van der Waals surface area (Å²) in [7, 11) is 0. The Hall–Kier alpha value is -2.08. The Kier molecular flexibility index (Phi) is 5.58. The lowest BCUT2D eigenvalue weighted by Crippen LogP contribution is -2.52. The Morgan fingerprint density at radius 2 is 1.96 bits per heavy atom. The fourth-order valence-corrected chi connectivity index (χ4v) is 3.79. The number of ether oxygens (including phenoxy) is 1. The highest BCUT2D eigenvalue weighted by molar-refractivity contribution is 5.76. The van der Waals surface area contributed by atoms with Gasteiger partial charge in [-0.3, -0.25) is 4.79 Å². The van der Waals surface area contributed by atoms with Crippen LogP contribution in [-0.2, 0) is 9.53 Å². The molecule has 2 aliphatic heterocycles. The van der Waals surface area contributed by atoms with Gasteiger partial charge in [0, 0.05) is 25.7 Å². The van der Waals surface area contributed by atoms with Crippen LogP contribution in [0.15, 0.2) is 30.3 Å². The van der Waals surface area contributed by atoms with Gasteiger partial charge >= 0.3 is 12.0 Å². The minimum atomic E-state index is -0.820. The molecule has 0 saturated carbocycles. The lowest BCUT2D eigenvalue weighted by molar-refractivity contribution is -0.143. The van der Waals surface area contributed by atoms with E-state index < -0.39 is 11.9 Å². The first kappa shape index (κ1) is 17.7. The maximum absolute atomic E-state index is 12.6. The molecule has 4 unspecified atom stereocenters. The molecule has 2 aliphatic rings. The van der Waals surface area contributed by atoms with Crippen molar-refractivity contribution in [3.63, 3.8) is 0 Å². The van der Waals surface area contributed by atoms with Gasteiger partial charge in [-0.05, 0) is 30.7 Å². The van der Waals surface area contributed by atoms with Crippen molar-refractivity contribution in [2.24, 2.45) is 11.8 Å². The van der Waals surface area contributed by atoms with E-state index in [4.69, 9.17) is 4.74 Å². The molecule has 6 heteroatoms. The first-order valence-electron chi connectivity index (χ1n) is 8.97. The van der Waals surface area contributed by atoms with Crippen LogP contribution in [0.25, 0.3) is 0 Å². The number of likely N-dealkylation sites (tertiary alicyclic amines) is 1. The highest BCUT2D eigenvalue weighted by Crippen LogP contribution is 2.28. The first-order valence-corrected chi connectivity index (χ1v) is 8.97. The van der Waals surface area contributed by atoms with Crippen molar-refractivity contribution in [3.8, 4) is 0 Å². The lowest BCUT2D eigenvalue weighted by Gasteiger charge is -2.37. The molecular weight excluding hydrogens is 320 g/mol. The molecule has 1 aromatic rings. The SMILES string of the molecule is CC1CC(C(=O)O)CN(C(=O)NC2CCOC(c3ccccc3)C2)C1. The summed E-state index contributed by atoms with van der Waals surface area (Å²) in [5.74, 6) is -1.09. The largest absolute Gasteiger partial charge is 0.481 e. The van der Waals surface area contributed by atoms with Gasteiger partial charge in [0.25, 0.3) is 0 Å². The standard InChI is InChI=1S/C19H26N2O4/c1-13-9-15(18(22)23)12-21(11-13)19(24)20-16-7-8-25-17(10-16)14-5-3-2-4-6-14/h2-6,13,15-17H,7-12H2,1H3,(H,20,24)(H,22,23). The quantitative estimate of drug-likeness (QED) is 0.882. The molecule has 2 saturated heterocycles. The molecule has 0 aliphatic carbocycles. The summed E-state index contributed by atoms with van der Waals surface area (Å²) in [5, 5.41) is 12.3. The van der Waals surface area contributed by atoms with Crippen LogP contribution in [0.5, 0.6) is 0 Å². The molecule has 0 radical (unpaired) electrons. The van der Waals surface area contributed by atoms with Gasteiger partial charge < -0.3 is 20.1 Å². The zero-order valence-corrected chi connectivity index (χ0v) is 14.6. The third-order valence-electron chi connectivity index (χ3n) is 5.08. The summed E-state index contributed by atoms with van der Waals surface area (Å²) >= 11 is 0. The van der Waals surface area contributed by atoms with E-state index in [2.05, 4.69) is 5.32 Å². The van der Waals surface area contributed by atoms with Crippen LogP contribution in [0.2, 0.25) is 0 Å². The molecule has 3 rings (SSSR count). The van der Waals surface area contributed by atoms with E-state index in [-0.39, 0.29) is 30.6 Å². The Balaban J connectivity index is 1.57. The first-order chi connectivity index (χ1) is 12.0. The van der Waals surface area contributed by atoms with Gasteiger partial charge in [-0.1, -0.05) is 37.3 Å². The summed E-state index contributed by atoms with van der Waals surface area (Å²) in [6.07, 6.45) is 2.14. The van der Waals surface area contributed by atoms with Crippen LogP contribution >= 0.6 is 0 Å². The molecule has 0 bridgehead atoms. The zero-order chi connectivity index (χ0) is 17.8. The molecule has 2 N–H and O–H groups in total. The third-order valence-corrected chi connectivity index (χ3v) is 5.08. The number of hydrogen-bond acceptors (Lipinski definition) is 3. The highest BCUT2D eigenvalue weighted by Gasteiger charge is 2.33. The number of benzene rings is 1. The number of nitrogens with zero attached hydrogens (tertiary/aromatic N) is 1. The Labute approximate surface area is 148 Å². The fourth-order valence-electron chi connectivity index (χ4n) is 3.79. The Morgan fingerprint density at radius 3 is 2.68 bits per heavy atom. The predicted molar refractivity (Wildman–Crippen MR) is 93.2 cm³/mol. The maximum Gasteiger partial charge on any atom is 0.317 e. The molecule has 2 heterocycles. The van der Waals surface area contributed by atoms with Crippen molar-refractivity contribution < 1.29 is 19.4 Å². The molecule has 2 amide bonds. The van der Waals surface area contributed by atoms with Crippen LogP contribution in [-0.4, -0.2) is 47.7 Å². The molecule has 2 fully saturated rings. The number of carbonyl (C=O) groups excluding carboxylic acids is 1. The second-order valence-corrected chi connectivity index (χ2v) is 7.22. The van der Waals surface area contributed by atoms with Gasteiger partial charge in [-0.2, -0.15) is 0 Å². The van der Waals surface area contributed by atoms with Gasteiger partial charge in [-0.15, -0.1) is 0 Å². The van der Waals surface area contributed by atoms with Gasteiger partial charge in [0.15, 0.2) is 0 Å². The second-order valence-electron chi connectivity index (χ2n) is 7.22. The van der Waals surface area contributed by atoms with E-state index in [1.165, 1.54) is 0 Å². The van der Waals surface area contributed by atoms with E-state index in [1.807, 2.05) is 37.3 Å². The Bertz CT molecular complexity index is 607. The number of rotatable bonds is 3. The van der Waals surface area contributed by atoms with Gasteiger partial charge in [0.2, 0.25) is 0 Å². The van der Waals surface area contributed by atoms with E-state index >= 15 is 0 Å². The third kappa shape index (κ3) is 4.51. The summed E-state index contributed by atoms with van der Waals surface area (Å²) in [4.78, 5) is 25.5. The summed E-state index contributed by atoms with van der Waals surface area (Å²) in [6, 6.07) is 9.92. The minimum Gasteiger partial charge on any atom is -0.481 e. The highest BCUT2D eigenvalue weighted by atomic mass is 16.5. The molecule has 25 heavy (non-hydrogen) atoms. The van der Waals surface area contributed by atoms with Crippen molar-refractivity contribution in [2.45, 2.75) is 38.3 Å². The summed E-state index contributed by atoms with van der Waals surface area (Å²) < 4.78 is 5.84. The van der Waals surface area contributed by atoms with Crippen LogP contribution in [0.4, 0.5) is 4.79 Å². The van der Waals surface area contributed by atoms with Gasteiger partial charge in [0.05, 0.1) is 12.0 Å². The fraction of sp³-hybridized carbons (Fsp3) is 0.579. The van der Waals surface area contributed by atoms with Crippen LogP contribution < -0.4 is 5.32 Å². The molecule has 0 spiro atoms. The molecule has 6 nitrogen and oxygen atoms in total. The smallest absolute Gasteiger partial charge is 0.317 e. The molecular formula is C19H26N2O4. The van der Waals surface area contributed by atoms with Crippen LogP contribution in [0.3, 0.4) is 0 Å². The number of aliphatic carboxylic acids is 1. The van der Waals surface area contributed by atoms with Crippen LogP contribution in [0, 0.1) is 11.8 Å². The van der Waals surface area contributed by atoms with E-state index in [0.29, 0.717) is 19.6 Å². The maximum atomic E-state index is 12.6. The second kappa shape index (κ2) is 7.87. The minimum absolute atomic E-state index is 0.00713. The normalized spacial score (nSPS) is 29.9. The number of carbonyl (C=O) groups is 2. The summed E-state index contributed by atoms with van der Waals surface area (Å²) in [5.41, 5.74) is 1.12. The molecule has 1 aromatic carbocycles. The lowest BCUT2D eigenvalue weighted by atomic mass is 9.90. The monoisotopic (exact) mass is 346 g/mol. The zero-order valence-electron chi connectivity index (χ0n) is 14.6.